The number of benzene rings is 1. The second-order valence-electron chi connectivity index (χ2n) is 6.32. The molecule has 21 heavy (non-hydrogen) atoms. The Morgan fingerprint density at radius 1 is 1.14 bits per heavy atom. The van der Waals surface area contributed by atoms with Crippen molar-refractivity contribution in [1.29, 1.82) is 0 Å². The molecule has 2 nitrogen and oxygen atoms in total. The van der Waals surface area contributed by atoms with Gasteiger partial charge in [0, 0.05) is 6.04 Å². The molecule has 0 radical (unpaired) electrons. The number of nitrogens with two attached hydrogens (primary N) is 1. The molecule has 3 heteroatoms. The molecule has 0 amide bonds. The Morgan fingerprint density at radius 2 is 1.76 bits per heavy atom. The number of hydrogen-bond donors (Lipinski definition) is 1. The second kappa shape index (κ2) is 7.37. The predicted octanol–water partition coefficient (Wildman–Crippen LogP) is 4.04. The number of halogens is 1. The van der Waals surface area contributed by atoms with Gasteiger partial charge in [0.1, 0.15) is 5.82 Å². The normalized spacial score (nSPS) is 21.0. The fourth-order valence-electron chi connectivity index (χ4n) is 3.86. The Balaban J connectivity index is 2.31. The lowest BCUT2D eigenvalue weighted by atomic mass is 9.77. The van der Waals surface area contributed by atoms with Gasteiger partial charge in [0.15, 0.2) is 0 Å². The summed E-state index contributed by atoms with van der Waals surface area (Å²) in [5.74, 6) is -0.191. The molecule has 2 N–H and O–H groups in total. The van der Waals surface area contributed by atoms with Crippen molar-refractivity contribution in [3.05, 3.63) is 35.6 Å². The number of nitrogens with zero attached hydrogens (tertiary/aromatic N) is 1. The number of hydrogen-bond acceptors (Lipinski definition) is 2. The Labute approximate surface area is 128 Å². The number of rotatable bonds is 6. The molecule has 1 heterocycles. The van der Waals surface area contributed by atoms with Gasteiger partial charge in [-0.15, -0.1) is 0 Å². The number of likely N-dealkylation sites (tertiary alicyclic amines) is 1. The van der Waals surface area contributed by atoms with Crippen molar-refractivity contribution in [2.24, 2.45) is 5.73 Å². The molecule has 0 aromatic heterocycles. The monoisotopic (exact) mass is 292 g/mol. The summed E-state index contributed by atoms with van der Waals surface area (Å²) in [6, 6.07) is 7.16. The van der Waals surface area contributed by atoms with Crippen molar-refractivity contribution < 1.29 is 4.39 Å². The molecule has 0 bridgehead atoms. The lowest BCUT2D eigenvalue weighted by Gasteiger charge is -2.45. The molecule has 0 aliphatic carbocycles. The van der Waals surface area contributed by atoms with Crippen LogP contribution in [0.1, 0.15) is 57.9 Å². The van der Waals surface area contributed by atoms with Gasteiger partial charge in [0.2, 0.25) is 0 Å². The lowest BCUT2D eigenvalue weighted by molar-refractivity contribution is 0.0869. The largest absolute Gasteiger partial charge is 0.320 e. The summed E-state index contributed by atoms with van der Waals surface area (Å²) in [6.07, 6.45) is 6.87. The van der Waals surface area contributed by atoms with Crippen LogP contribution in [0.5, 0.6) is 0 Å². The third kappa shape index (κ3) is 3.64. The van der Waals surface area contributed by atoms with Crippen LogP contribution in [0.2, 0.25) is 0 Å². The van der Waals surface area contributed by atoms with E-state index in [1.807, 2.05) is 12.1 Å². The van der Waals surface area contributed by atoms with Crippen LogP contribution in [0.25, 0.3) is 0 Å². The molecule has 1 fully saturated rings. The van der Waals surface area contributed by atoms with Crippen LogP contribution in [0, 0.1) is 5.82 Å². The van der Waals surface area contributed by atoms with Crippen molar-refractivity contribution in [2.45, 2.75) is 64.0 Å². The van der Waals surface area contributed by atoms with E-state index in [1.54, 1.807) is 0 Å². The third-order valence-electron chi connectivity index (χ3n) is 4.86. The van der Waals surface area contributed by atoms with E-state index in [1.165, 1.54) is 31.4 Å². The SMILES string of the molecule is CCCC(N)(c1ccc(F)cc1)C(CC)N1CCCCC1. The van der Waals surface area contributed by atoms with Gasteiger partial charge in [-0.1, -0.05) is 38.8 Å². The molecule has 1 saturated heterocycles. The molecular weight excluding hydrogens is 263 g/mol. The summed E-state index contributed by atoms with van der Waals surface area (Å²) < 4.78 is 13.2. The van der Waals surface area contributed by atoms with E-state index in [2.05, 4.69) is 18.7 Å². The minimum Gasteiger partial charge on any atom is -0.320 e. The van der Waals surface area contributed by atoms with Crippen molar-refractivity contribution >= 4 is 0 Å². The number of piperidine rings is 1. The molecule has 0 saturated carbocycles. The maximum absolute atomic E-state index is 13.2. The molecule has 1 aliphatic rings. The first-order chi connectivity index (χ1) is 10.1. The highest BCUT2D eigenvalue weighted by molar-refractivity contribution is 5.27. The zero-order valence-electron chi connectivity index (χ0n) is 13.4. The minimum atomic E-state index is -0.380. The molecule has 1 aromatic rings. The standard InChI is InChI=1S/C18H29FN2/c1-3-12-18(20,15-8-10-16(19)11-9-15)17(4-2)21-13-6-5-7-14-21/h8-11,17H,3-7,12-14,20H2,1-2H3. The summed E-state index contributed by atoms with van der Waals surface area (Å²) in [6.45, 7) is 6.68. The quantitative estimate of drug-likeness (QED) is 0.857. The Morgan fingerprint density at radius 3 is 2.29 bits per heavy atom. The van der Waals surface area contributed by atoms with Crippen LogP contribution in [-0.4, -0.2) is 24.0 Å². The van der Waals surface area contributed by atoms with E-state index in [4.69, 9.17) is 5.73 Å². The minimum absolute atomic E-state index is 0.191. The van der Waals surface area contributed by atoms with E-state index in [-0.39, 0.29) is 11.4 Å². The fourth-order valence-corrected chi connectivity index (χ4v) is 3.86. The van der Waals surface area contributed by atoms with Gasteiger partial charge in [0.05, 0.1) is 5.54 Å². The highest BCUT2D eigenvalue weighted by Gasteiger charge is 2.38. The lowest BCUT2D eigenvalue weighted by Crippen LogP contribution is -2.57. The molecule has 1 aliphatic heterocycles. The van der Waals surface area contributed by atoms with Crippen LogP contribution in [0.3, 0.4) is 0 Å². The van der Waals surface area contributed by atoms with Crippen LogP contribution < -0.4 is 5.73 Å². The molecule has 2 rings (SSSR count). The van der Waals surface area contributed by atoms with Crippen molar-refractivity contribution in [1.82, 2.24) is 4.90 Å². The maximum Gasteiger partial charge on any atom is 0.123 e. The second-order valence-corrected chi connectivity index (χ2v) is 6.32. The summed E-state index contributed by atoms with van der Waals surface area (Å²) >= 11 is 0. The van der Waals surface area contributed by atoms with Gasteiger partial charge in [-0.05, 0) is 56.5 Å². The summed E-state index contributed by atoms with van der Waals surface area (Å²) in [7, 11) is 0. The van der Waals surface area contributed by atoms with E-state index in [0.717, 1.165) is 37.9 Å². The summed E-state index contributed by atoms with van der Waals surface area (Å²) in [4.78, 5) is 2.56. The van der Waals surface area contributed by atoms with Crippen LogP contribution in [0.4, 0.5) is 4.39 Å². The fraction of sp³-hybridized carbons (Fsp3) is 0.667. The molecule has 118 valence electrons. The third-order valence-corrected chi connectivity index (χ3v) is 4.86. The first-order valence-electron chi connectivity index (χ1n) is 8.40. The topological polar surface area (TPSA) is 29.3 Å². The van der Waals surface area contributed by atoms with Gasteiger partial charge < -0.3 is 5.73 Å². The highest BCUT2D eigenvalue weighted by atomic mass is 19.1. The van der Waals surface area contributed by atoms with Crippen LogP contribution in [0.15, 0.2) is 24.3 Å². The van der Waals surface area contributed by atoms with Gasteiger partial charge in [-0.25, -0.2) is 4.39 Å². The Kier molecular flexibility index (Phi) is 5.77. The highest BCUT2D eigenvalue weighted by Crippen LogP contribution is 2.34. The predicted molar refractivity (Wildman–Crippen MR) is 86.7 cm³/mol. The first-order valence-corrected chi connectivity index (χ1v) is 8.40. The first kappa shape index (κ1) is 16.4. The Hall–Kier alpha value is -0.930. The molecule has 2 atom stereocenters. The zero-order valence-corrected chi connectivity index (χ0v) is 13.4. The van der Waals surface area contributed by atoms with Crippen molar-refractivity contribution in [3.8, 4) is 0 Å². The Bertz CT molecular complexity index is 425. The van der Waals surface area contributed by atoms with Crippen molar-refractivity contribution in [2.75, 3.05) is 13.1 Å². The smallest absolute Gasteiger partial charge is 0.123 e. The van der Waals surface area contributed by atoms with Gasteiger partial charge in [-0.2, -0.15) is 0 Å². The summed E-state index contributed by atoms with van der Waals surface area (Å²) in [5, 5.41) is 0. The molecular formula is C18H29FN2. The average molecular weight is 292 g/mol. The molecule has 0 spiro atoms. The van der Waals surface area contributed by atoms with E-state index in [9.17, 15) is 4.39 Å². The van der Waals surface area contributed by atoms with Crippen LogP contribution in [-0.2, 0) is 5.54 Å². The molecule has 2 unspecified atom stereocenters. The zero-order chi connectivity index (χ0) is 15.3. The van der Waals surface area contributed by atoms with Crippen molar-refractivity contribution in [3.63, 3.8) is 0 Å². The van der Waals surface area contributed by atoms with Gasteiger partial charge >= 0.3 is 0 Å². The van der Waals surface area contributed by atoms with Crippen LogP contribution >= 0.6 is 0 Å². The maximum atomic E-state index is 13.2. The van der Waals surface area contributed by atoms with E-state index < -0.39 is 0 Å². The molecule has 1 aromatic carbocycles. The average Bonchev–Trinajstić information content (AvgIpc) is 2.50. The van der Waals surface area contributed by atoms with E-state index >= 15 is 0 Å². The van der Waals surface area contributed by atoms with Gasteiger partial charge in [-0.3, -0.25) is 4.90 Å². The van der Waals surface area contributed by atoms with Gasteiger partial charge in [0.25, 0.3) is 0 Å². The summed E-state index contributed by atoms with van der Waals surface area (Å²) in [5.41, 5.74) is 7.59. The van der Waals surface area contributed by atoms with E-state index in [0.29, 0.717) is 6.04 Å².